The molecule has 0 aliphatic heterocycles. The zero-order chi connectivity index (χ0) is 13.2. The summed E-state index contributed by atoms with van der Waals surface area (Å²) in [5.74, 6) is 3.14. The number of hydrogen-bond donors (Lipinski definition) is 2. The molecule has 1 aromatic rings. The molecule has 0 aliphatic carbocycles. The third kappa shape index (κ3) is 6.30. The summed E-state index contributed by atoms with van der Waals surface area (Å²) in [6.45, 7) is 0.122. The minimum Gasteiger partial charge on any atom is -0.480 e. The van der Waals surface area contributed by atoms with Crippen LogP contribution in [0.5, 0.6) is 0 Å². The SMILES string of the molecule is O=C(O)CNCC#CC(=O)OCc1ccccc1. The molecule has 5 nitrogen and oxygen atoms in total. The fraction of sp³-hybridized carbons (Fsp3) is 0.231. The third-order valence-corrected chi connectivity index (χ3v) is 1.89. The predicted molar refractivity (Wildman–Crippen MR) is 64.5 cm³/mol. The van der Waals surface area contributed by atoms with E-state index < -0.39 is 11.9 Å². The highest BCUT2D eigenvalue weighted by molar-refractivity contribution is 5.88. The van der Waals surface area contributed by atoms with E-state index in [1.165, 1.54) is 0 Å². The Kier molecular flexibility index (Phi) is 6.01. The fourth-order valence-corrected chi connectivity index (χ4v) is 1.11. The number of carbonyl (C=O) groups excluding carboxylic acids is 1. The number of benzene rings is 1. The smallest absolute Gasteiger partial charge is 0.384 e. The average molecular weight is 247 g/mol. The molecule has 94 valence electrons. The van der Waals surface area contributed by atoms with E-state index in [-0.39, 0.29) is 19.7 Å². The second-order valence-corrected chi connectivity index (χ2v) is 3.36. The van der Waals surface area contributed by atoms with E-state index in [0.717, 1.165) is 5.56 Å². The Morgan fingerprint density at radius 1 is 1.28 bits per heavy atom. The molecule has 1 rings (SSSR count). The Bertz CT molecular complexity index is 459. The van der Waals surface area contributed by atoms with Crippen molar-refractivity contribution >= 4 is 11.9 Å². The van der Waals surface area contributed by atoms with Crippen molar-refractivity contribution in [2.75, 3.05) is 13.1 Å². The molecule has 5 heteroatoms. The number of aliphatic carboxylic acids is 1. The summed E-state index contributed by atoms with van der Waals surface area (Å²) >= 11 is 0. The van der Waals surface area contributed by atoms with Crippen LogP contribution in [0.15, 0.2) is 30.3 Å². The molecule has 0 heterocycles. The van der Waals surface area contributed by atoms with Gasteiger partial charge in [-0.1, -0.05) is 36.3 Å². The Hall–Kier alpha value is -2.32. The summed E-state index contributed by atoms with van der Waals surface area (Å²) in [6.07, 6.45) is 0. The molecule has 0 unspecified atom stereocenters. The highest BCUT2D eigenvalue weighted by Crippen LogP contribution is 1.99. The summed E-state index contributed by atoms with van der Waals surface area (Å²) in [4.78, 5) is 21.3. The molecule has 2 N–H and O–H groups in total. The van der Waals surface area contributed by atoms with Crippen LogP contribution in [0.1, 0.15) is 5.56 Å². The van der Waals surface area contributed by atoms with E-state index in [0.29, 0.717) is 0 Å². The van der Waals surface area contributed by atoms with Crippen molar-refractivity contribution in [3.63, 3.8) is 0 Å². The van der Waals surface area contributed by atoms with Crippen LogP contribution in [0.2, 0.25) is 0 Å². The predicted octanol–water partition coefficient (Wildman–Crippen LogP) is 0.407. The van der Waals surface area contributed by atoms with Crippen molar-refractivity contribution in [3.8, 4) is 11.8 Å². The van der Waals surface area contributed by atoms with E-state index in [4.69, 9.17) is 9.84 Å². The molecule has 0 aromatic heterocycles. The van der Waals surface area contributed by atoms with Gasteiger partial charge in [0.15, 0.2) is 0 Å². The van der Waals surface area contributed by atoms with E-state index in [1.807, 2.05) is 30.3 Å². The summed E-state index contributed by atoms with van der Waals surface area (Å²) in [7, 11) is 0. The quantitative estimate of drug-likeness (QED) is 0.341. The Labute approximate surface area is 105 Å². The van der Waals surface area contributed by atoms with E-state index in [1.54, 1.807) is 0 Å². The van der Waals surface area contributed by atoms with Gasteiger partial charge in [-0.2, -0.15) is 0 Å². The first kappa shape index (κ1) is 13.7. The van der Waals surface area contributed by atoms with Crippen molar-refractivity contribution in [2.24, 2.45) is 0 Å². The fourth-order valence-electron chi connectivity index (χ4n) is 1.11. The Balaban J connectivity index is 2.21. The van der Waals surface area contributed by atoms with Crippen LogP contribution in [0.3, 0.4) is 0 Å². The maximum Gasteiger partial charge on any atom is 0.384 e. The first-order valence-electron chi connectivity index (χ1n) is 5.30. The third-order valence-electron chi connectivity index (χ3n) is 1.89. The van der Waals surface area contributed by atoms with Gasteiger partial charge in [-0.15, -0.1) is 0 Å². The molecular weight excluding hydrogens is 234 g/mol. The molecule has 0 amide bonds. The largest absolute Gasteiger partial charge is 0.480 e. The van der Waals surface area contributed by atoms with Crippen LogP contribution in [0.4, 0.5) is 0 Å². The second kappa shape index (κ2) is 7.87. The van der Waals surface area contributed by atoms with Crippen LogP contribution in [-0.4, -0.2) is 30.1 Å². The van der Waals surface area contributed by atoms with Crippen LogP contribution < -0.4 is 5.32 Å². The molecule has 1 aromatic carbocycles. The lowest BCUT2D eigenvalue weighted by Gasteiger charge is -1.99. The molecule has 18 heavy (non-hydrogen) atoms. The number of ether oxygens (including phenoxy) is 1. The molecular formula is C13H13NO4. The topological polar surface area (TPSA) is 75.6 Å². The molecule has 0 spiro atoms. The van der Waals surface area contributed by atoms with Crippen LogP contribution in [0.25, 0.3) is 0 Å². The molecule has 0 bridgehead atoms. The summed E-state index contributed by atoms with van der Waals surface area (Å²) in [6, 6.07) is 9.26. The van der Waals surface area contributed by atoms with E-state index >= 15 is 0 Å². The van der Waals surface area contributed by atoms with Gasteiger partial charge in [-0.25, -0.2) is 4.79 Å². The molecule has 0 fully saturated rings. The summed E-state index contributed by atoms with van der Waals surface area (Å²) in [5, 5.41) is 10.9. The maximum atomic E-state index is 11.2. The van der Waals surface area contributed by atoms with Gasteiger partial charge in [0.05, 0.1) is 13.1 Å². The minimum atomic E-state index is -0.969. The van der Waals surface area contributed by atoms with Crippen LogP contribution in [0, 0.1) is 11.8 Å². The highest BCUT2D eigenvalue weighted by Gasteiger charge is 1.97. The molecule has 0 saturated carbocycles. The second-order valence-electron chi connectivity index (χ2n) is 3.36. The standard InChI is InChI=1S/C13H13NO4/c15-12(16)9-14-8-4-7-13(17)18-10-11-5-2-1-3-6-11/h1-3,5-6,14H,8-10H2,(H,15,16). The lowest BCUT2D eigenvalue weighted by Crippen LogP contribution is -2.22. The number of rotatable bonds is 5. The number of esters is 1. The lowest BCUT2D eigenvalue weighted by molar-refractivity contribution is -0.138. The van der Waals surface area contributed by atoms with Crippen molar-refractivity contribution in [2.45, 2.75) is 6.61 Å². The monoisotopic (exact) mass is 247 g/mol. The summed E-state index contributed by atoms with van der Waals surface area (Å²) in [5.41, 5.74) is 0.886. The molecule has 0 radical (unpaired) electrons. The molecule has 0 aliphatic rings. The van der Waals surface area contributed by atoms with Gasteiger partial charge in [0, 0.05) is 5.92 Å². The van der Waals surface area contributed by atoms with Crippen LogP contribution in [-0.2, 0) is 20.9 Å². The highest BCUT2D eigenvalue weighted by atomic mass is 16.5. The zero-order valence-electron chi connectivity index (χ0n) is 9.68. The molecule has 0 atom stereocenters. The summed E-state index contributed by atoms with van der Waals surface area (Å²) < 4.78 is 4.90. The van der Waals surface area contributed by atoms with Crippen molar-refractivity contribution in [1.29, 1.82) is 0 Å². The van der Waals surface area contributed by atoms with E-state index in [9.17, 15) is 9.59 Å². The first-order chi connectivity index (χ1) is 8.68. The van der Waals surface area contributed by atoms with Gasteiger partial charge < -0.3 is 9.84 Å². The number of hydrogen-bond acceptors (Lipinski definition) is 4. The van der Waals surface area contributed by atoms with Gasteiger partial charge in [0.25, 0.3) is 0 Å². The number of carboxylic acid groups (broad SMARTS) is 1. The number of carbonyl (C=O) groups is 2. The van der Waals surface area contributed by atoms with Crippen molar-refractivity contribution < 1.29 is 19.4 Å². The number of carboxylic acids is 1. The minimum absolute atomic E-state index is 0.132. The van der Waals surface area contributed by atoms with Gasteiger partial charge in [0.1, 0.15) is 6.61 Å². The Morgan fingerprint density at radius 2 is 2.00 bits per heavy atom. The van der Waals surface area contributed by atoms with Gasteiger partial charge in [-0.3, -0.25) is 10.1 Å². The van der Waals surface area contributed by atoms with Crippen molar-refractivity contribution in [3.05, 3.63) is 35.9 Å². The van der Waals surface area contributed by atoms with Crippen molar-refractivity contribution in [1.82, 2.24) is 5.32 Å². The average Bonchev–Trinajstić information content (AvgIpc) is 2.37. The van der Waals surface area contributed by atoms with Crippen LogP contribution >= 0.6 is 0 Å². The maximum absolute atomic E-state index is 11.2. The van der Waals surface area contributed by atoms with Gasteiger partial charge in [-0.05, 0) is 5.56 Å². The zero-order valence-corrected chi connectivity index (χ0v) is 9.68. The molecule has 0 saturated heterocycles. The van der Waals surface area contributed by atoms with E-state index in [2.05, 4.69) is 17.2 Å². The Morgan fingerprint density at radius 3 is 2.67 bits per heavy atom. The normalized spacial score (nSPS) is 9.11. The van der Waals surface area contributed by atoms with Gasteiger partial charge in [0.2, 0.25) is 0 Å². The lowest BCUT2D eigenvalue weighted by atomic mass is 10.2. The first-order valence-corrected chi connectivity index (χ1v) is 5.30. The van der Waals surface area contributed by atoms with Gasteiger partial charge >= 0.3 is 11.9 Å². The number of nitrogens with one attached hydrogen (secondary N) is 1.